The van der Waals surface area contributed by atoms with Crippen molar-refractivity contribution >= 4 is 24.0 Å². The van der Waals surface area contributed by atoms with E-state index in [0.29, 0.717) is 30.7 Å². The fourth-order valence-electron chi connectivity index (χ4n) is 9.56. The number of nitrogens with one attached hydrogen (secondary N) is 2. The van der Waals surface area contributed by atoms with Gasteiger partial charge < -0.3 is 59.5 Å². The Balaban J connectivity index is 1.58. The third-order valence-corrected chi connectivity index (χ3v) is 12.7. The molecule has 4 saturated heterocycles. The molecule has 59 heavy (non-hydrogen) atoms. The van der Waals surface area contributed by atoms with Gasteiger partial charge in [-0.25, -0.2) is 14.6 Å². The molecule has 0 aromatic carbocycles. The van der Waals surface area contributed by atoms with Crippen LogP contribution in [0.25, 0.3) is 0 Å². The van der Waals surface area contributed by atoms with E-state index in [9.17, 15) is 19.5 Å². The number of aliphatic hydroxyl groups excluding tert-OH is 1. The molecule has 16 nitrogen and oxygen atoms in total. The van der Waals surface area contributed by atoms with E-state index in [1.165, 1.54) is 0 Å². The molecule has 4 fully saturated rings. The minimum atomic E-state index is -1.27. The molecule has 3 unspecified atom stereocenters. The third kappa shape index (κ3) is 10.6. The number of aromatic nitrogens is 1. The number of likely N-dealkylation sites (N-methyl/N-ethyl adjacent to an activating group) is 1. The number of hydrogen-bond donors (Lipinski definition) is 4. The highest BCUT2D eigenvalue weighted by Gasteiger charge is 2.57. The van der Waals surface area contributed by atoms with Gasteiger partial charge >= 0.3 is 18.2 Å². The van der Waals surface area contributed by atoms with E-state index in [1.54, 1.807) is 32.2 Å². The van der Waals surface area contributed by atoms with Crippen LogP contribution in [0, 0.1) is 23.7 Å². The van der Waals surface area contributed by atoms with Crippen molar-refractivity contribution in [1.29, 1.82) is 0 Å². The number of hydrogen-bond acceptors (Lipinski definition) is 14. The average molecular weight is 830 g/mol. The topological polar surface area (TPSA) is 202 Å². The molecule has 2 amide bonds. The summed E-state index contributed by atoms with van der Waals surface area (Å²) in [6.07, 6.45) is -1.14. The molecular formula is C43H67N5O11. The Bertz CT molecular complexity index is 1690. The van der Waals surface area contributed by atoms with Gasteiger partial charge in [0.15, 0.2) is 11.9 Å². The van der Waals surface area contributed by atoms with Crippen LogP contribution in [0.1, 0.15) is 80.2 Å². The summed E-state index contributed by atoms with van der Waals surface area (Å²) in [5.41, 5.74) is 5.71. The van der Waals surface area contributed by atoms with Crippen LogP contribution in [0.15, 0.2) is 42.1 Å². The fourth-order valence-corrected chi connectivity index (χ4v) is 9.56. The smallest absolute Gasteiger partial charge is 0.408 e. The number of nitrogens with zero attached hydrogens (tertiary/aromatic N) is 2. The minimum Gasteiger partial charge on any atom is -0.458 e. The zero-order valence-corrected chi connectivity index (χ0v) is 36.4. The van der Waals surface area contributed by atoms with E-state index < -0.39 is 83.9 Å². The fraction of sp³-hybridized carbons (Fsp3) is 0.721. The normalized spacial score (nSPS) is 39.2. The Morgan fingerprint density at radius 3 is 2.58 bits per heavy atom. The number of amides is 2. The van der Waals surface area contributed by atoms with Gasteiger partial charge in [0.2, 0.25) is 0 Å². The molecule has 2 bridgehead atoms. The number of aliphatic hydroxyl groups is 1. The largest absolute Gasteiger partial charge is 0.458 e. The maximum Gasteiger partial charge on any atom is 0.408 e. The van der Waals surface area contributed by atoms with Crippen molar-refractivity contribution in [3.8, 4) is 0 Å². The number of cyclic esters (lactones) is 1. The molecular weight excluding hydrogens is 762 g/mol. The predicted octanol–water partition coefficient (Wildman–Crippen LogP) is 4.49. The number of fused-ring (bicyclic) bond motifs is 4. The zero-order valence-electron chi connectivity index (χ0n) is 36.4. The maximum atomic E-state index is 14.3. The Hall–Kier alpha value is -3.80. The molecule has 0 saturated carbocycles. The first-order valence-electron chi connectivity index (χ1n) is 20.9. The first-order chi connectivity index (χ1) is 27.8. The van der Waals surface area contributed by atoms with Gasteiger partial charge in [-0.15, -0.1) is 0 Å². The highest BCUT2D eigenvalue weighted by atomic mass is 16.7. The number of pyridine rings is 1. The van der Waals surface area contributed by atoms with Gasteiger partial charge in [-0.2, -0.15) is 0 Å². The average Bonchev–Trinajstić information content (AvgIpc) is 3.51. The standard InChI is InChI=1S/C43H67N5O11/c1-12-32-43(9)36(47-41(52)59-43)26(5)30(14-16-53-40(51)46-20-29-13-15-45-33(44)18-29)24(3)19-42(8)37(58-39-34(49)31(48(10)11)17-25(4)56-39)27(6)35(28(7)38(50)57-32)54-21-23(2)22-55-42/h13-15,18,24-28,31-32,34-37,39,49H,2,12,16-17,19-22H2,1,3-11H3,(H2,44,45)(H,46,51)(H,47,52)/b30-14+/t24-,25-,26+,27+,28-,31+,32-,34-,35?,36?,37-,39?,42-,43-/m1/s1. The number of esters is 1. The van der Waals surface area contributed by atoms with Gasteiger partial charge in [-0.05, 0) is 96.3 Å². The Morgan fingerprint density at radius 2 is 1.90 bits per heavy atom. The minimum absolute atomic E-state index is 0.0944. The van der Waals surface area contributed by atoms with Crippen molar-refractivity contribution < 1.29 is 52.6 Å². The Kier molecular flexibility index (Phi) is 15.1. The van der Waals surface area contributed by atoms with E-state index >= 15 is 0 Å². The molecule has 0 radical (unpaired) electrons. The van der Waals surface area contributed by atoms with Gasteiger partial charge in [0.1, 0.15) is 24.6 Å². The zero-order chi connectivity index (χ0) is 43.4. The van der Waals surface area contributed by atoms with E-state index in [-0.39, 0.29) is 44.4 Å². The SMILES string of the molecule is C=C1COC2[C@@H](C)C(=O)O[C@H](CC)[C@@]3(C)OC(=O)NC3[C@@H](C)/C(=C/COC(=O)NCc3ccnc(N)c3)[C@H](C)C[C@@](C)(OC1)[C@H](OC1O[C@H](C)C[C@H](N(C)C)[C@H]1O)[C@H]2C. The van der Waals surface area contributed by atoms with Gasteiger partial charge in [0.25, 0.3) is 0 Å². The van der Waals surface area contributed by atoms with Crippen molar-refractivity contribution in [3.05, 3.63) is 47.7 Å². The van der Waals surface area contributed by atoms with E-state index in [1.807, 2.05) is 59.7 Å². The summed E-state index contributed by atoms with van der Waals surface area (Å²) in [5.74, 6) is -2.22. The number of rotatable bonds is 8. The van der Waals surface area contributed by atoms with Crippen LogP contribution in [0.4, 0.5) is 15.4 Å². The first-order valence-corrected chi connectivity index (χ1v) is 20.9. The Labute approximate surface area is 348 Å². The second kappa shape index (κ2) is 19.3. The van der Waals surface area contributed by atoms with E-state index in [2.05, 4.69) is 29.1 Å². The van der Waals surface area contributed by atoms with Crippen LogP contribution in [-0.2, 0) is 44.5 Å². The molecule has 14 atom stereocenters. The van der Waals surface area contributed by atoms with E-state index in [4.69, 9.17) is 38.9 Å². The van der Waals surface area contributed by atoms with Crippen LogP contribution >= 0.6 is 0 Å². The lowest BCUT2D eigenvalue weighted by Gasteiger charge is -2.49. The summed E-state index contributed by atoms with van der Waals surface area (Å²) < 4.78 is 44.7. The van der Waals surface area contributed by atoms with Gasteiger partial charge in [0.05, 0.1) is 49.1 Å². The lowest BCUT2D eigenvalue weighted by molar-refractivity contribution is -0.302. The molecule has 16 heteroatoms. The monoisotopic (exact) mass is 829 g/mol. The van der Waals surface area contributed by atoms with E-state index in [0.717, 1.165) is 11.1 Å². The predicted molar refractivity (Wildman–Crippen MR) is 219 cm³/mol. The molecule has 0 spiro atoms. The molecule has 5 rings (SSSR count). The molecule has 330 valence electrons. The highest BCUT2D eigenvalue weighted by molar-refractivity contribution is 5.74. The van der Waals surface area contributed by atoms with Crippen LogP contribution in [0.3, 0.4) is 0 Å². The van der Waals surface area contributed by atoms with Crippen molar-refractivity contribution in [2.24, 2.45) is 23.7 Å². The van der Waals surface area contributed by atoms with Crippen molar-refractivity contribution in [3.63, 3.8) is 0 Å². The lowest BCUT2D eigenvalue weighted by Crippen LogP contribution is -2.60. The quantitative estimate of drug-likeness (QED) is 0.162. The van der Waals surface area contributed by atoms with Gasteiger partial charge in [-0.3, -0.25) is 4.79 Å². The second-order valence-corrected chi connectivity index (χ2v) is 17.6. The molecule has 5 N–H and O–H groups in total. The molecule has 1 aromatic heterocycles. The number of carbonyl (C=O) groups is 3. The van der Waals surface area contributed by atoms with Crippen LogP contribution in [0.5, 0.6) is 0 Å². The summed E-state index contributed by atoms with van der Waals surface area (Å²) >= 11 is 0. The second-order valence-electron chi connectivity index (χ2n) is 17.6. The van der Waals surface area contributed by atoms with Crippen LogP contribution in [-0.4, -0.2) is 127 Å². The molecule has 4 aliphatic rings. The number of carbonyl (C=O) groups excluding carboxylic acids is 3. The van der Waals surface area contributed by atoms with Crippen molar-refractivity contribution in [2.75, 3.05) is 39.6 Å². The van der Waals surface area contributed by atoms with Crippen molar-refractivity contribution in [2.45, 2.75) is 141 Å². The summed E-state index contributed by atoms with van der Waals surface area (Å²) in [6.45, 7) is 19.9. The number of nitrogens with two attached hydrogens (primary N) is 1. The first kappa shape index (κ1) is 46.3. The summed E-state index contributed by atoms with van der Waals surface area (Å²) in [7, 11) is 3.83. The number of ether oxygens (including phenoxy) is 7. The maximum absolute atomic E-state index is 14.3. The summed E-state index contributed by atoms with van der Waals surface area (Å²) in [5, 5.41) is 17.5. The third-order valence-electron chi connectivity index (χ3n) is 12.7. The molecule has 4 aliphatic heterocycles. The van der Waals surface area contributed by atoms with Gasteiger partial charge in [0, 0.05) is 30.6 Å². The van der Waals surface area contributed by atoms with Crippen LogP contribution in [0.2, 0.25) is 0 Å². The molecule has 5 heterocycles. The highest BCUT2D eigenvalue weighted by Crippen LogP contribution is 2.44. The summed E-state index contributed by atoms with van der Waals surface area (Å²) in [4.78, 5) is 46.4. The lowest BCUT2D eigenvalue weighted by atomic mass is 9.71. The summed E-state index contributed by atoms with van der Waals surface area (Å²) in [6, 6.07) is 2.53. The molecule has 0 aliphatic carbocycles. The molecule has 1 aromatic rings. The Morgan fingerprint density at radius 1 is 1.17 bits per heavy atom. The number of nitrogen functional groups attached to an aromatic ring is 1. The number of alkyl carbamates (subject to hydrolysis) is 2. The van der Waals surface area contributed by atoms with Gasteiger partial charge in [-0.1, -0.05) is 39.8 Å². The van der Waals surface area contributed by atoms with Crippen LogP contribution < -0.4 is 16.4 Å². The van der Waals surface area contributed by atoms with Crippen molar-refractivity contribution in [1.82, 2.24) is 20.5 Å². The number of anilines is 1.